The fourth-order valence-electron chi connectivity index (χ4n) is 3.19. The maximum atomic E-state index is 12.5. The molecule has 3 aromatic carbocycles. The number of amides is 1. The van der Waals surface area contributed by atoms with E-state index in [1.807, 2.05) is 62.4 Å². The third kappa shape index (κ3) is 3.83. The molecule has 3 nitrogen and oxygen atoms in total. The van der Waals surface area contributed by atoms with Gasteiger partial charge in [-0.05, 0) is 34.4 Å². The molecule has 2 N–H and O–H groups in total. The predicted molar refractivity (Wildman–Crippen MR) is 107 cm³/mol. The summed E-state index contributed by atoms with van der Waals surface area (Å²) in [6, 6.07) is 18.2. The maximum absolute atomic E-state index is 12.5. The molecule has 3 rings (SSSR count). The van der Waals surface area contributed by atoms with Gasteiger partial charge in [-0.15, -0.1) is 0 Å². The summed E-state index contributed by atoms with van der Waals surface area (Å²) in [7, 11) is 0. The van der Waals surface area contributed by atoms with Gasteiger partial charge in [0.15, 0.2) is 0 Å². The zero-order valence-electron chi connectivity index (χ0n) is 14.9. The first-order valence-corrected chi connectivity index (χ1v) is 9.09. The van der Waals surface area contributed by atoms with Gasteiger partial charge in [0.2, 0.25) is 5.91 Å². The first kappa shape index (κ1) is 18.3. The van der Waals surface area contributed by atoms with Crippen molar-refractivity contribution in [2.75, 3.05) is 0 Å². The average Bonchev–Trinajstić information content (AvgIpc) is 2.60. The Morgan fingerprint density at radius 2 is 1.73 bits per heavy atom. The summed E-state index contributed by atoms with van der Waals surface area (Å²) in [5, 5.41) is 16.1. The average molecular weight is 368 g/mol. The summed E-state index contributed by atoms with van der Waals surface area (Å²) in [6.45, 7) is 4.00. The monoisotopic (exact) mass is 367 g/mol. The topological polar surface area (TPSA) is 49.3 Å². The van der Waals surface area contributed by atoms with E-state index in [1.54, 1.807) is 12.1 Å². The molecule has 0 heterocycles. The number of phenolic OH excluding ortho intramolecular Hbond substituents is 1. The van der Waals surface area contributed by atoms with Crippen LogP contribution in [0.2, 0.25) is 5.02 Å². The summed E-state index contributed by atoms with van der Waals surface area (Å²) in [5.41, 5.74) is 1.42. The van der Waals surface area contributed by atoms with Crippen LogP contribution in [0.5, 0.6) is 5.75 Å². The van der Waals surface area contributed by atoms with Crippen molar-refractivity contribution in [1.82, 2.24) is 5.32 Å². The van der Waals surface area contributed by atoms with E-state index >= 15 is 0 Å². The number of rotatable bonds is 5. The molecule has 0 aliphatic rings. The van der Waals surface area contributed by atoms with Crippen molar-refractivity contribution in [2.45, 2.75) is 26.3 Å². The van der Waals surface area contributed by atoms with Gasteiger partial charge >= 0.3 is 0 Å². The van der Waals surface area contributed by atoms with Gasteiger partial charge in [-0.2, -0.15) is 0 Å². The zero-order valence-corrected chi connectivity index (χ0v) is 15.6. The lowest BCUT2D eigenvalue weighted by atomic mass is 9.92. The fraction of sp³-hybridized carbons (Fsp3) is 0.227. The molecule has 26 heavy (non-hydrogen) atoms. The molecule has 4 heteroatoms. The van der Waals surface area contributed by atoms with Crippen molar-refractivity contribution >= 4 is 28.3 Å². The van der Waals surface area contributed by atoms with Gasteiger partial charge in [0, 0.05) is 17.0 Å². The number of phenols is 1. The molecule has 0 radical (unpaired) electrons. The number of carbonyl (C=O) groups excluding carboxylic acids is 1. The first-order chi connectivity index (χ1) is 12.5. The van der Waals surface area contributed by atoms with Crippen molar-refractivity contribution in [3.8, 4) is 5.75 Å². The van der Waals surface area contributed by atoms with Crippen LogP contribution < -0.4 is 5.32 Å². The number of halogens is 1. The molecule has 1 amide bonds. The third-order valence-electron chi connectivity index (χ3n) is 4.35. The van der Waals surface area contributed by atoms with Crippen molar-refractivity contribution in [3.05, 3.63) is 76.8 Å². The van der Waals surface area contributed by atoms with E-state index in [-0.39, 0.29) is 17.6 Å². The molecular weight excluding hydrogens is 346 g/mol. The summed E-state index contributed by atoms with van der Waals surface area (Å²) in [5.74, 6) is 0.304. The molecule has 3 aromatic rings. The number of carbonyl (C=O) groups is 1. The van der Waals surface area contributed by atoms with Gasteiger partial charge in [0.1, 0.15) is 5.75 Å². The molecule has 134 valence electrons. The van der Waals surface area contributed by atoms with E-state index in [4.69, 9.17) is 11.6 Å². The molecule has 0 spiro atoms. The van der Waals surface area contributed by atoms with E-state index in [0.29, 0.717) is 17.0 Å². The van der Waals surface area contributed by atoms with Crippen LogP contribution in [0.1, 0.15) is 37.4 Å². The summed E-state index contributed by atoms with van der Waals surface area (Å²) in [6.07, 6.45) is 0.409. The Hall–Kier alpha value is -2.52. The molecule has 0 aromatic heterocycles. The minimum absolute atomic E-state index is 0.0720. The van der Waals surface area contributed by atoms with Crippen molar-refractivity contribution < 1.29 is 9.90 Å². The molecule has 0 unspecified atom stereocenters. The Morgan fingerprint density at radius 3 is 2.46 bits per heavy atom. The van der Waals surface area contributed by atoms with Crippen LogP contribution in [-0.4, -0.2) is 11.0 Å². The van der Waals surface area contributed by atoms with E-state index in [1.165, 1.54) is 0 Å². The molecular formula is C22H22ClNO2. The highest BCUT2D eigenvalue weighted by atomic mass is 35.5. The van der Waals surface area contributed by atoms with Crippen LogP contribution in [0.3, 0.4) is 0 Å². The second-order valence-corrected chi connectivity index (χ2v) is 7.25. The normalized spacial score (nSPS) is 12.3. The smallest absolute Gasteiger partial charge is 0.221 e. The predicted octanol–water partition coefficient (Wildman–Crippen LogP) is 5.45. The van der Waals surface area contributed by atoms with Crippen LogP contribution in [0.15, 0.2) is 60.7 Å². The number of hydrogen-bond donors (Lipinski definition) is 2. The van der Waals surface area contributed by atoms with Crippen LogP contribution in [-0.2, 0) is 4.79 Å². The molecule has 0 saturated heterocycles. The lowest BCUT2D eigenvalue weighted by molar-refractivity contribution is -0.122. The van der Waals surface area contributed by atoms with E-state index in [0.717, 1.165) is 16.3 Å². The highest BCUT2D eigenvalue weighted by Crippen LogP contribution is 2.38. The second-order valence-electron chi connectivity index (χ2n) is 6.84. The SMILES string of the molecule is CC(C)CC(=O)N[C@H](c1ccccc1Cl)c1c(O)ccc2ccccc12. The molecule has 0 aliphatic heterocycles. The fourth-order valence-corrected chi connectivity index (χ4v) is 3.44. The Morgan fingerprint density at radius 1 is 1.04 bits per heavy atom. The highest BCUT2D eigenvalue weighted by molar-refractivity contribution is 6.31. The van der Waals surface area contributed by atoms with E-state index in [2.05, 4.69) is 5.32 Å². The Labute approximate surface area is 158 Å². The minimum Gasteiger partial charge on any atom is -0.508 e. The number of benzene rings is 3. The summed E-state index contributed by atoms with van der Waals surface area (Å²) < 4.78 is 0. The molecule has 0 bridgehead atoms. The van der Waals surface area contributed by atoms with Crippen molar-refractivity contribution in [2.24, 2.45) is 5.92 Å². The Kier molecular flexibility index (Phi) is 5.48. The van der Waals surface area contributed by atoms with Crippen molar-refractivity contribution in [1.29, 1.82) is 0 Å². The number of aromatic hydroxyl groups is 1. The van der Waals surface area contributed by atoms with Crippen LogP contribution in [0, 0.1) is 5.92 Å². The van der Waals surface area contributed by atoms with E-state index in [9.17, 15) is 9.90 Å². The van der Waals surface area contributed by atoms with Gasteiger partial charge in [-0.3, -0.25) is 4.79 Å². The summed E-state index contributed by atoms with van der Waals surface area (Å²) >= 11 is 6.43. The molecule has 0 fully saturated rings. The second kappa shape index (κ2) is 7.79. The third-order valence-corrected chi connectivity index (χ3v) is 4.70. The standard InChI is InChI=1S/C22H22ClNO2/c1-14(2)13-20(26)24-22(17-9-5-6-10-18(17)23)21-16-8-4-3-7-15(16)11-12-19(21)25/h3-12,14,22,25H,13H2,1-2H3,(H,24,26)/t22-/m1/s1. The van der Waals surface area contributed by atoms with Gasteiger partial charge in [-0.25, -0.2) is 0 Å². The van der Waals surface area contributed by atoms with Crippen LogP contribution >= 0.6 is 11.6 Å². The zero-order chi connectivity index (χ0) is 18.7. The van der Waals surface area contributed by atoms with Gasteiger partial charge in [0.25, 0.3) is 0 Å². The Balaban J connectivity index is 2.17. The largest absolute Gasteiger partial charge is 0.508 e. The van der Waals surface area contributed by atoms with Gasteiger partial charge < -0.3 is 10.4 Å². The van der Waals surface area contributed by atoms with Crippen molar-refractivity contribution in [3.63, 3.8) is 0 Å². The van der Waals surface area contributed by atoms with E-state index < -0.39 is 6.04 Å². The number of nitrogens with one attached hydrogen (secondary N) is 1. The van der Waals surface area contributed by atoms with Crippen LogP contribution in [0.25, 0.3) is 10.8 Å². The van der Waals surface area contributed by atoms with Crippen LogP contribution in [0.4, 0.5) is 0 Å². The number of hydrogen-bond acceptors (Lipinski definition) is 2. The first-order valence-electron chi connectivity index (χ1n) is 8.71. The Bertz CT molecular complexity index is 936. The molecule has 0 aliphatic carbocycles. The molecule has 0 saturated carbocycles. The highest BCUT2D eigenvalue weighted by Gasteiger charge is 2.24. The minimum atomic E-state index is -0.527. The van der Waals surface area contributed by atoms with Gasteiger partial charge in [-0.1, -0.05) is 74.0 Å². The lowest BCUT2D eigenvalue weighted by Crippen LogP contribution is -2.30. The maximum Gasteiger partial charge on any atom is 0.221 e. The molecule has 1 atom stereocenters. The quantitative estimate of drug-likeness (QED) is 0.629. The lowest BCUT2D eigenvalue weighted by Gasteiger charge is -2.24. The summed E-state index contributed by atoms with van der Waals surface area (Å²) in [4.78, 5) is 12.5. The van der Waals surface area contributed by atoms with Gasteiger partial charge in [0.05, 0.1) is 6.04 Å². The number of fused-ring (bicyclic) bond motifs is 1.